The van der Waals surface area contributed by atoms with Crippen LogP contribution in [0, 0.1) is 6.92 Å². The molecule has 17 heavy (non-hydrogen) atoms. The minimum atomic E-state index is -0.404. The smallest absolute Gasteiger partial charge is 0.248 e. The number of ether oxygens (including phenoxy) is 1. The maximum Gasteiger partial charge on any atom is 0.248 e. The summed E-state index contributed by atoms with van der Waals surface area (Å²) in [6, 6.07) is 5.30. The predicted octanol–water partition coefficient (Wildman–Crippen LogP) is 1.22. The van der Waals surface area contributed by atoms with Gasteiger partial charge < -0.3 is 15.8 Å². The van der Waals surface area contributed by atoms with Crippen LogP contribution in [-0.2, 0) is 0 Å². The number of carbonyl (C=O) groups is 1. The highest BCUT2D eigenvalue weighted by molar-refractivity contribution is 5.93. The summed E-state index contributed by atoms with van der Waals surface area (Å²) in [5, 5.41) is 3.31. The van der Waals surface area contributed by atoms with Crippen LogP contribution in [0.2, 0.25) is 0 Å². The van der Waals surface area contributed by atoms with Gasteiger partial charge in [0.1, 0.15) is 11.9 Å². The highest BCUT2D eigenvalue weighted by Crippen LogP contribution is 2.21. The number of primary amides is 1. The third-order valence-electron chi connectivity index (χ3n) is 3.00. The predicted molar refractivity (Wildman–Crippen MR) is 66.2 cm³/mol. The molecule has 1 aromatic carbocycles. The molecule has 1 heterocycles. The van der Waals surface area contributed by atoms with E-state index in [-0.39, 0.29) is 6.10 Å². The Bertz CT molecular complexity index is 412. The van der Waals surface area contributed by atoms with Gasteiger partial charge in [0.05, 0.1) is 0 Å². The Morgan fingerprint density at radius 2 is 2.35 bits per heavy atom. The Balaban J connectivity index is 2.08. The molecule has 92 valence electrons. The molecule has 0 bridgehead atoms. The number of amides is 1. The zero-order valence-corrected chi connectivity index (χ0v) is 10.0. The SMILES string of the molecule is Cc1cc(C(N)=O)ccc1OC1CCCNC1. The van der Waals surface area contributed by atoms with Crippen molar-refractivity contribution in [2.45, 2.75) is 25.9 Å². The lowest BCUT2D eigenvalue weighted by molar-refractivity contribution is 0.1000. The summed E-state index contributed by atoms with van der Waals surface area (Å²) in [7, 11) is 0. The molecule has 4 nitrogen and oxygen atoms in total. The maximum absolute atomic E-state index is 11.0. The third-order valence-corrected chi connectivity index (χ3v) is 3.00. The molecule has 1 aromatic rings. The highest BCUT2D eigenvalue weighted by atomic mass is 16.5. The Morgan fingerprint density at radius 1 is 1.53 bits per heavy atom. The molecule has 3 N–H and O–H groups in total. The topological polar surface area (TPSA) is 64.4 Å². The van der Waals surface area contributed by atoms with E-state index in [9.17, 15) is 4.79 Å². The van der Waals surface area contributed by atoms with Crippen molar-refractivity contribution in [2.75, 3.05) is 13.1 Å². The summed E-state index contributed by atoms with van der Waals surface area (Å²) in [6.45, 7) is 3.88. The Kier molecular flexibility index (Phi) is 3.64. The first-order valence-electron chi connectivity index (χ1n) is 5.94. The first-order valence-corrected chi connectivity index (χ1v) is 5.94. The van der Waals surface area contributed by atoms with Crippen LogP contribution in [0.3, 0.4) is 0 Å². The number of aryl methyl sites for hydroxylation is 1. The van der Waals surface area contributed by atoms with Crippen molar-refractivity contribution in [3.8, 4) is 5.75 Å². The van der Waals surface area contributed by atoms with Crippen molar-refractivity contribution in [1.29, 1.82) is 0 Å². The van der Waals surface area contributed by atoms with Crippen LogP contribution >= 0.6 is 0 Å². The number of nitrogens with two attached hydrogens (primary N) is 1. The minimum absolute atomic E-state index is 0.224. The van der Waals surface area contributed by atoms with Gasteiger partial charge in [0.25, 0.3) is 0 Å². The van der Waals surface area contributed by atoms with Gasteiger partial charge in [-0.25, -0.2) is 0 Å². The van der Waals surface area contributed by atoms with Crippen LogP contribution in [-0.4, -0.2) is 25.1 Å². The molecule has 0 saturated carbocycles. The summed E-state index contributed by atoms with van der Waals surface area (Å²) < 4.78 is 5.91. The van der Waals surface area contributed by atoms with E-state index in [4.69, 9.17) is 10.5 Å². The van der Waals surface area contributed by atoms with Gasteiger partial charge in [-0.2, -0.15) is 0 Å². The van der Waals surface area contributed by atoms with Gasteiger partial charge >= 0.3 is 0 Å². The number of carbonyl (C=O) groups excluding carboxylic acids is 1. The van der Waals surface area contributed by atoms with Crippen LogP contribution in [0.15, 0.2) is 18.2 Å². The molecular formula is C13H18N2O2. The van der Waals surface area contributed by atoms with E-state index in [0.717, 1.165) is 37.2 Å². The second-order valence-corrected chi connectivity index (χ2v) is 4.43. The largest absolute Gasteiger partial charge is 0.489 e. The van der Waals surface area contributed by atoms with Crippen molar-refractivity contribution in [3.05, 3.63) is 29.3 Å². The van der Waals surface area contributed by atoms with Gasteiger partial charge in [-0.05, 0) is 50.1 Å². The molecule has 1 saturated heterocycles. The summed E-state index contributed by atoms with van der Waals surface area (Å²) in [5.41, 5.74) is 6.70. The van der Waals surface area contributed by atoms with Gasteiger partial charge in [-0.3, -0.25) is 4.79 Å². The van der Waals surface area contributed by atoms with E-state index in [0.29, 0.717) is 5.56 Å². The number of nitrogens with one attached hydrogen (secondary N) is 1. The molecule has 1 fully saturated rings. The van der Waals surface area contributed by atoms with E-state index < -0.39 is 5.91 Å². The molecule has 1 unspecified atom stereocenters. The quantitative estimate of drug-likeness (QED) is 0.826. The van der Waals surface area contributed by atoms with Gasteiger partial charge in [0.2, 0.25) is 5.91 Å². The molecule has 1 atom stereocenters. The lowest BCUT2D eigenvalue weighted by atomic mass is 10.1. The maximum atomic E-state index is 11.0. The lowest BCUT2D eigenvalue weighted by Crippen LogP contribution is -2.37. The van der Waals surface area contributed by atoms with Crippen molar-refractivity contribution in [2.24, 2.45) is 5.73 Å². The van der Waals surface area contributed by atoms with E-state index in [1.54, 1.807) is 12.1 Å². The average molecular weight is 234 g/mol. The van der Waals surface area contributed by atoms with Crippen molar-refractivity contribution in [3.63, 3.8) is 0 Å². The van der Waals surface area contributed by atoms with E-state index in [1.165, 1.54) is 0 Å². The molecule has 1 amide bonds. The molecule has 1 aliphatic heterocycles. The Morgan fingerprint density at radius 3 is 2.94 bits per heavy atom. The third kappa shape index (κ3) is 2.97. The molecule has 2 rings (SSSR count). The Hall–Kier alpha value is -1.55. The summed E-state index contributed by atoms with van der Waals surface area (Å²) in [6.07, 6.45) is 2.44. The van der Waals surface area contributed by atoms with Crippen LogP contribution in [0.25, 0.3) is 0 Å². The lowest BCUT2D eigenvalue weighted by Gasteiger charge is -2.24. The second-order valence-electron chi connectivity index (χ2n) is 4.43. The molecule has 0 spiro atoms. The summed E-state index contributed by atoms with van der Waals surface area (Å²) in [4.78, 5) is 11.0. The molecular weight excluding hydrogens is 216 g/mol. The van der Waals surface area contributed by atoms with E-state index >= 15 is 0 Å². The Labute approximate surface area is 101 Å². The van der Waals surface area contributed by atoms with E-state index in [1.807, 2.05) is 13.0 Å². The fourth-order valence-electron chi connectivity index (χ4n) is 2.03. The fourth-order valence-corrected chi connectivity index (χ4v) is 2.03. The highest BCUT2D eigenvalue weighted by Gasteiger charge is 2.15. The summed E-state index contributed by atoms with van der Waals surface area (Å²) >= 11 is 0. The molecule has 1 aliphatic rings. The average Bonchev–Trinajstić information content (AvgIpc) is 2.33. The number of hydrogen-bond acceptors (Lipinski definition) is 3. The van der Waals surface area contributed by atoms with Crippen LogP contribution in [0.4, 0.5) is 0 Å². The molecule has 4 heteroatoms. The van der Waals surface area contributed by atoms with Crippen molar-refractivity contribution in [1.82, 2.24) is 5.32 Å². The first-order chi connectivity index (χ1) is 8.16. The van der Waals surface area contributed by atoms with Gasteiger partial charge in [0.15, 0.2) is 0 Å². The van der Waals surface area contributed by atoms with Crippen molar-refractivity contribution < 1.29 is 9.53 Å². The zero-order valence-electron chi connectivity index (χ0n) is 10.0. The molecule has 0 aliphatic carbocycles. The summed E-state index contributed by atoms with van der Waals surface area (Å²) in [5.74, 6) is 0.433. The normalized spacial score (nSPS) is 19.9. The number of piperidine rings is 1. The number of hydrogen-bond donors (Lipinski definition) is 2. The van der Waals surface area contributed by atoms with Gasteiger partial charge in [-0.1, -0.05) is 0 Å². The zero-order chi connectivity index (χ0) is 12.3. The fraction of sp³-hybridized carbons (Fsp3) is 0.462. The van der Waals surface area contributed by atoms with Crippen LogP contribution < -0.4 is 15.8 Å². The number of rotatable bonds is 3. The second kappa shape index (κ2) is 5.19. The van der Waals surface area contributed by atoms with Gasteiger partial charge in [0, 0.05) is 12.1 Å². The molecule has 0 radical (unpaired) electrons. The standard InChI is InChI=1S/C13H18N2O2/c1-9-7-10(13(14)16)4-5-12(9)17-11-3-2-6-15-8-11/h4-5,7,11,15H,2-3,6,8H2,1H3,(H2,14,16). The van der Waals surface area contributed by atoms with E-state index in [2.05, 4.69) is 5.32 Å². The van der Waals surface area contributed by atoms with Crippen LogP contribution in [0.5, 0.6) is 5.75 Å². The van der Waals surface area contributed by atoms with Crippen molar-refractivity contribution >= 4 is 5.91 Å². The number of benzene rings is 1. The minimum Gasteiger partial charge on any atom is -0.489 e. The molecule has 0 aromatic heterocycles. The first kappa shape index (κ1) is 11.9. The monoisotopic (exact) mass is 234 g/mol. The van der Waals surface area contributed by atoms with Crippen LogP contribution in [0.1, 0.15) is 28.8 Å². The van der Waals surface area contributed by atoms with Gasteiger partial charge in [-0.15, -0.1) is 0 Å².